The van der Waals surface area contributed by atoms with E-state index in [1.807, 2.05) is 49.4 Å². The zero-order valence-corrected chi connectivity index (χ0v) is 15.2. The van der Waals surface area contributed by atoms with Crippen molar-refractivity contribution in [3.8, 4) is 5.75 Å². The lowest BCUT2D eigenvalue weighted by Gasteiger charge is -2.17. The van der Waals surface area contributed by atoms with Gasteiger partial charge >= 0.3 is 0 Å². The normalized spacial score (nSPS) is 14.5. The number of aryl methyl sites for hydroxylation is 2. The van der Waals surface area contributed by atoms with Crippen LogP contribution < -0.4 is 10.1 Å². The minimum Gasteiger partial charge on any atom is -0.494 e. The fourth-order valence-electron chi connectivity index (χ4n) is 2.78. The van der Waals surface area contributed by atoms with E-state index >= 15 is 0 Å². The van der Waals surface area contributed by atoms with Crippen molar-refractivity contribution in [2.45, 2.75) is 37.5 Å². The van der Waals surface area contributed by atoms with Gasteiger partial charge in [0.15, 0.2) is 0 Å². The van der Waals surface area contributed by atoms with Gasteiger partial charge in [-0.05, 0) is 62.1 Å². The molecule has 2 aromatic rings. The van der Waals surface area contributed by atoms with E-state index in [1.165, 1.54) is 5.56 Å². The van der Waals surface area contributed by atoms with Crippen LogP contribution in [0.2, 0.25) is 0 Å². The average molecular weight is 357 g/mol. The fourth-order valence-corrected chi connectivity index (χ4v) is 3.92. The predicted molar refractivity (Wildman–Crippen MR) is 101 cm³/mol. The first kappa shape index (κ1) is 17.7. The molecule has 0 bridgehead atoms. The first-order valence-corrected chi connectivity index (χ1v) is 9.94. The first-order valence-electron chi connectivity index (χ1n) is 8.62. The SMILES string of the molecule is Cc1ccc(S(=O)CCCCOc2ccc3c(c2)CCC(=O)N3)cc1. The van der Waals surface area contributed by atoms with E-state index in [1.54, 1.807) is 0 Å². The summed E-state index contributed by atoms with van der Waals surface area (Å²) in [4.78, 5) is 12.3. The van der Waals surface area contributed by atoms with Crippen LogP contribution in [0, 0.1) is 6.92 Å². The molecule has 1 amide bonds. The summed E-state index contributed by atoms with van der Waals surface area (Å²) in [5, 5.41) is 2.87. The van der Waals surface area contributed by atoms with Crippen molar-refractivity contribution in [1.82, 2.24) is 0 Å². The minimum absolute atomic E-state index is 0.0720. The Morgan fingerprint density at radius 2 is 1.88 bits per heavy atom. The second kappa shape index (κ2) is 8.30. The van der Waals surface area contributed by atoms with Crippen LogP contribution in [0.3, 0.4) is 0 Å². The fraction of sp³-hybridized carbons (Fsp3) is 0.350. The summed E-state index contributed by atoms with van der Waals surface area (Å²) in [7, 11) is -0.941. The number of carbonyl (C=O) groups excluding carboxylic acids is 1. The number of rotatable bonds is 7. The summed E-state index contributed by atoms with van der Waals surface area (Å²) in [5.74, 6) is 1.56. The van der Waals surface area contributed by atoms with Gasteiger partial charge in [-0.3, -0.25) is 9.00 Å². The Morgan fingerprint density at radius 3 is 2.68 bits per heavy atom. The van der Waals surface area contributed by atoms with Crippen molar-refractivity contribution in [2.24, 2.45) is 0 Å². The number of amides is 1. The topological polar surface area (TPSA) is 55.4 Å². The predicted octanol–water partition coefficient (Wildman–Crippen LogP) is 3.85. The van der Waals surface area contributed by atoms with Gasteiger partial charge in [0.2, 0.25) is 5.91 Å². The highest BCUT2D eigenvalue weighted by atomic mass is 32.2. The van der Waals surface area contributed by atoms with Crippen LogP contribution in [0.25, 0.3) is 0 Å². The van der Waals surface area contributed by atoms with Crippen LogP contribution in [0.5, 0.6) is 5.75 Å². The van der Waals surface area contributed by atoms with Crippen molar-refractivity contribution in [1.29, 1.82) is 0 Å². The van der Waals surface area contributed by atoms with Crippen molar-refractivity contribution >= 4 is 22.4 Å². The third-order valence-electron chi connectivity index (χ3n) is 4.25. The van der Waals surface area contributed by atoms with Gasteiger partial charge in [-0.25, -0.2) is 0 Å². The van der Waals surface area contributed by atoms with Crippen LogP contribution in [0.4, 0.5) is 5.69 Å². The van der Waals surface area contributed by atoms with E-state index in [0.717, 1.165) is 41.2 Å². The van der Waals surface area contributed by atoms with Gasteiger partial charge in [-0.2, -0.15) is 0 Å². The molecule has 1 unspecified atom stereocenters. The molecule has 1 aliphatic rings. The monoisotopic (exact) mass is 357 g/mol. The zero-order chi connectivity index (χ0) is 17.6. The van der Waals surface area contributed by atoms with Crippen molar-refractivity contribution in [3.05, 3.63) is 53.6 Å². The molecule has 0 aromatic heterocycles. The molecule has 2 aromatic carbocycles. The van der Waals surface area contributed by atoms with E-state index in [-0.39, 0.29) is 5.91 Å². The highest BCUT2D eigenvalue weighted by Gasteiger charge is 2.14. The molecule has 4 nitrogen and oxygen atoms in total. The summed E-state index contributed by atoms with van der Waals surface area (Å²) >= 11 is 0. The van der Waals surface area contributed by atoms with E-state index in [4.69, 9.17) is 4.74 Å². The van der Waals surface area contributed by atoms with Gasteiger partial charge in [0, 0.05) is 22.8 Å². The molecular weight excluding hydrogens is 334 g/mol. The molecule has 0 spiro atoms. The Hall–Kier alpha value is -2.14. The molecule has 5 heteroatoms. The molecular formula is C20H23NO3S. The maximum atomic E-state index is 12.2. The van der Waals surface area contributed by atoms with Crippen LogP contribution in [-0.2, 0) is 22.0 Å². The van der Waals surface area contributed by atoms with E-state index in [2.05, 4.69) is 5.32 Å². The molecule has 132 valence electrons. The van der Waals surface area contributed by atoms with Gasteiger partial charge in [0.05, 0.1) is 17.4 Å². The lowest BCUT2D eigenvalue weighted by atomic mass is 10.0. The second-order valence-electron chi connectivity index (χ2n) is 6.29. The van der Waals surface area contributed by atoms with Gasteiger partial charge in [0.25, 0.3) is 0 Å². The number of nitrogens with one attached hydrogen (secondary N) is 1. The van der Waals surface area contributed by atoms with Gasteiger partial charge in [0.1, 0.15) is 5.75 Å². The Labute approximate surface area is 151 Å². The molecule has 1 heterocycles. The lowest BCUT2D eigenvalue weighted by Crippen LogP contribution is -2.18. The van der Waals surface area contributed by atoms with Crippen molar-refractivity contribution in [2.75, 3.05) is 17.7 Å². The number of benzene rings is 2. The summed E-state index contributed by atoms with van der Waals surface area (Å²) in [6, 6.07) is 13.6. The number of hydrogen-bond acceptors (Lipinski definition) is 3. The summed E-state index contributed by atoms with van der Waals surface area (Å²) < 4.78 is 18.0. The molecule has 25 heavy (non-hydrogen) atoms. The van der Waals surface area contributed by atoms with Gasteiger partial charge in [-0.15, -0.1) is 0 Å². The maximum absolute atomic E-state index is 12.2. The first-order chi connectivity index (χ1) is 12.1. The average Bonchev–Trinajstić information content (AvgIpc) is 2.62. The Kier molecular flexibility index (Phi) is 5.87. The van der Waals surface area contributed by atoms with Crippen molar-refractivity contribution < 1.29 is 13.7 Å². The van der Waals surface area contributed by atoms with Crippen LogP contribution >= 0.6 is 0 Å². The molecule has 3 rings (SSSR count). The largest absolute Gasteiger partial charge is 0.494 e. The third-order valence-corrected chi connectivity index (χ3v) is 5.71. The van der Waals surface area contributed by atoms with Crippen LogP contribution in [0.15, 0.2) is 47.4 Å². The van der Waals surface area contributed by atoms with Crippen LogP contribution in [-0.4, -0.2) is 22.5 Å². The molecule has 0 saturated carbocycles. The Bertz CT molecular complexity index is 771. The summed E-state index contributed by atoms with van der Waals surface area (Å²) in [6.45, 7) is 2.63. The number of ether oxygens (including phenoxy) is 1. The van der Waals surface area contributed by atoms with Crippen molar-refractivity contribution in [3.63, 3.8) is 0 Å². The molecule has 1 aliphatic heterocycles. The highest BCUT2D eigenvalue weighted by Crippen LogP contribution is 2.26. The standard InChI is InChI=1S/C20H23NO3S/c1-15-4-8-18(9-5-15)25(23)13-3-2-12-24-17-7-10-19-16(14-17)6-11-20(22)21-19/h4-5,7-10,14H,2-3,6,11-13H2,1H3,(H,21,22). The van der Waals surface area contributed by atoms with E-state index in [9.17, 15) is 9.00 Å². The van der Waals surface area contributed by atoms with Gasteiger partial charge < -0.3 is 10.1 Å². The number of anilines is 1. The number of fused-ring (bicyclic) bond motifs is 1. The molecule has 0 saturated heterocycles. The minimum atomic E-state index is -0.941. The molecule has 1 atom stereocenters. The second-order valence-corrected chi connectivity index (χ2v) is 7.86. The molecule has 0 fully saturated rings. The molecule has 1 N–H and O–H groups in total. The quantitative estimate of drug-likeness (QED) is 0.766. The Balaban J connectivity index is 1.41. The number of carbonyl (C=O) groups is 1. The summed E-state index contributed by atoms with van der Waals surface area (Å²) in [6.07, 6.45) is 3.02. The Morgan fingerprint density at radius 1 is 1.08 bits per heavy atom. The maximum Gasteiger partial charge on any atom is 0.224 e. The summed E-state index contributed by atoms with van der Waals surface area (Å²) in [5.41, 5.74) is 3.19. The molecule has 0 radical (unpaired) electrons. The van der Waals surface area contributed by atoms with Gasteiger partial charge in [-0.1, -0.05) is 17.7 Å². The number of hydrogen-bond donors (Lipinski definition) is 1. The lowest BCUT2D eigenvalue weighted by molar-refractivity contribution is -0.116. The van der Waals surface area contributed by atoms with Crippen LogP contribution in [0.1, 0.15) is 30.4 Å². The number of unbranched alkanes of at least 4 members (excludes halogenated alkanes) is 1. The van der Waals surface area contributed by atoms with E-state index in [0.29, 0.717) is 18.8 Å². The zero-order valence-electron chi connectivity index (χ0n) is 14.4. The third kappa shape index (κ3) is 4.92. The smallest absolute Gasteiger partial charge is 0.224 e. The van der Waals surface area contributed by atoms with E-state index < -0.39 is 10.8 Å². The molecule has 0 aliphatic carbocycles. The highest BCUT2D eigenvalue weighted by molar-refractivity contribution is 7.85.